The minimum Gasteiger partial charge on any atom is -0.468 e. The van der Waals surface area contributed by atoms with E-state index in [1.54, 1.807) is 6.26 Å². The number of rotatable bonds is 8. The molecule has 0 aliphatic heterocycles. The Balaban J connectivity index is 1.94. The zero-order valence-corrected chi connectivity index (χ0v) is 11.0. The van der Waals surface area contributed by atoms with E-state index in [1.807, 2.05) is 6.07 Å². The van der Waals surface area contributed by atoms with Crippen molar-refractivity contribution in [2.24, 2.45) is 0 Å². The van der Waals surface area contributed by atoms with Crippen LogP contribution in [0.5, 0.6) is 0 Å². The first-order valence-corrected chi connectivity index (χ1v) is 6.84. The van der Waals surface area contributed by atoms with Crippen LogP contribution in [0.3, 0.4) is 0 Å². The van der Waals surface area contributed by atoms with Gasteiger partial charge in [-0.2, -0.15) is 0 Å². The fraction of sp³-hybridized carbons (Fsp3) is 0.714. The molecule has 1 fully saturated rings. The van der Waals surface area contributed by atoms with Crippen molar-refractivity contribution < 1.29 is 4.42 Å². The van der Waals surface area contributed by atoms with Crippen molar-refractivity contribution in [3.8, 4) is 0 Å². The highest BCUT2D eigenvalue weighted by Gasteiger charge is 2.33. The second-order valence-electron chi connectivity index (χ2n) is 4.85. The average molecular weight is 236 g/mol. The molecule has 0 radical (unpaired) electrons. The molecule has 1 N–H and O–H groups in total. The number of hydrogen-bond acceptors (Lipinski definition) is 3. The first kappa shape index (κ1) is 12.7. The zero-order chi connectivity index (χ0) is 12.1. The molecule has 1 aromatic heterocycles. The summed E-state index contributed by atoms with van der Waals surface area (Å²) in [7, 11) is 0. The molecule has 1 saturated carbocycles. The van der Waals surface area contributed by atoms with Gasteiger partial charge in [-0.1, -0.05) is 13.8 Å². The quantitative estimate of drug-likeness (QED) is 0.752. The summed E-state index contributed by atoms with van der Waals surface area (Å²) in [6, 6.07) is 5.47. The van der Waals surface area contributed by atoms with Gasteiger partial charge in [0.25, 0.3) is 0 Å². The van der Waals surface area contributed by atoms with E-state index in [1.165, 1.54) is 19.3 Å². The predicted molar refractivity (Wildman–Crippen MR) is 69.9 cm³/mol. The lowest BCUT2D eigenvalue weighted by Crippen LogP contribution is -2.42. The Kier molecular flexibility index (Phi) is 4.63. The van der Waals surface area contributed by atoms with Crippen molar-refractivity contribution in [2.75, 3.05) is 13.1 Å². The monoisotopic (exact) mass is 236 g/mol. The van der Waals surface area contributed by atoms with Gasteiger partial charge >= 0.3 is 0 Å². The molecule has 0 amide bonds. The molecule has 1 aliphatic rings. The Hall–Kier alpha value is -0.800. The molecule has 0 aromatic carbocycles. The van der Waals surface area contributed by atoms with Crippen molar-refractivity contribution in [1.82, 2.24) is 10.2 Å². The van der Waals surface area contributed by atoms with Crippen LogP contribution in [0.2, 0.25) is 0 Å². The summed E-state index contributed by atoms with van der Waals surface area (Å²) >= 11 is 0. The van der Waals surface area contributed by atoms with Crippen LogP contribution in [0.15, 0.2) is 22.8 Å². The van der Waals surface area contributed by atoms with Gasteiger partial charge in [0.05, 0.1) is 12.8 Å². The maximum atomic E-state index is 5.48. The van der Waals surface area contributed by atoms with Gasteiger partial charge in [-0.3, -0.25) is 4.90 Å². The first-order valence-electron chi connectivity index (χ1n) is 6.84. The van der Waals surface area contributed by atoms with Crippen molar-refractivity contribution in [2.45, 2.75) is 51.7 Å². The molecule has 1 heterocycles. The van der Waals surface area contributed by atoms with E-state index in [0.717, 1.165) is 31.4 Å². The first-order chi connectivity index (χ1) is 8.35. The molecule has 0 spiro atoms. The summed E-state index contributed by atoms with van der Waals surface area (Å²) in [5.74, 6) is 1.09. The smallest absolute Gasteiger partial charge is 0.117 e. The maximum Gasteiger partial charge on any atom is 0.117 e. The lowest BCUT2D eigenvalue weighted by Gasteiger charge is -2.30. The highest BCUT2D eigenvalue weighted by Crippen LogP contribution is 2.30. The van der Waals surface area contributed by atoms with Crippen molar-refractivity contribution in [3.05, 3.63) is 24.2 Å². The van der Waals surface area contributed by atoms with Gasteiger partial charge in [-0.25, -0.2) is 0 Å². The number of nitrogens with one attached hydrogen (secondary N) is 1. The molecule has 0 bridgehead atoms. The maximum absolute atomic E-state index is 5.48. The minimum atomic E-state index is 0.632. The average Bonchev–Trinajstić information content (AvgIpc) is 3.06. The Morgan fingerprint density at radius 2 is 2.29 bits per heavy atom. The Labute approximate surface area is 104 Å². The predicted octanol–water partition coefficient (Wildman–Crippen LogP) is 2.63. The van der Waals surface area contributed by atoms with Crippen molar-refractivity contribution in [3.63, 3.8) is 0 Å². The van der Waals surface area contributed by atoms with Crippen molar-refractivity contribution in [1.29, 1.82) is 0 Å². The molecule has 1 atom stereocenters. The van der Waals surface area contributed by atoms with E-state index >= 15 is 0 Å². The third-order valence-corrected chi connectivity index (χ3v) is 3.50. The minimum absolute atomic E-state index is 0.632. The summed E-state index contributed by atoms with van der Waals surface area (Å²) in [6.07, 6.45) is 5.67. The lowest BCUT2D eigenvalue weighted by atomic mass is 10.1. The second-order valence-corrected chi connectivity index (χ2v) is 4.85. The summed E-state index contributed by atoms with van der Waals surface area (Å²) in [5, 5.41) is 3.47. The molecule has 96 valence electrons. The molecule has 17 heavy (non-hydrogen) atoms. The van der Waals surface area contributed by atoms with E-state index in [9.17, 15) is 0 Å². The summed E-state index contributed by atoms with van der Waals surface area (Å²) in [6.45, 7) is 7.54. The van der Waals surface area contributed by atoms with E-state index in [0.29, 0.717) is 6.04 Å². The zero-order valence-electron chi connectivity index (χ0n) is 11.0. The van der Waals surface area contributed by atoms with E-state index < -0.39 is 0 Å². The summed E-state index contributed by atoms with van der Waals surface area (Å²) in [4.78, 5) is 2.61. The van der Waals surface area contributed by atoms with Gasteiger partial charge in [0.1, 0.15) is 5.76 Å². The SMILES string of the molecule is CCNCC(CC)N(Cc1ccco1)C1CC1. The van der Waals surface area contributed by atoms with Gasteiger partial charge in [0.15, 0.2) is 0 Å². The number of furan rings is 1. The van der Waals surface area contributed by atoms with Gasteiger partial charge in [-0.15, -0.1) is 0 Å². The fourth-order valence-electron chi connectivity index (χ4n) is 2.35. The number of nitrogens with zero attached hydrogens (tertiary/aromatic N) is 1. The number of likely N-dealkylation sites (N-methyl/N-ethyl adjacent to an activating group) is 1. The number of hydrogen-bond donors (Lipinski definition) is 1. The molecule has 2 rings (SSSR count). The second kappa shape index (κ2) is 6.22. The molecule has 1 unspecified atom stereocenters. The van der Waals surface area contributed by atoms with Crippen LogP contribution in [0.1, 0.15) is 38.9 Å². The van der Waals surface area contributed by atoms with Gasteiger partial charge in [-0.05, 0) is 37.9 Å². The molecule has 3 heteroatoms. The Bertz CT molecular complexity index is 306. The van der Waals surface area contributed by atoms with E-state index in [4.69, 9.17) is 4.42 Å². The Morgan fingerprint density at radius 3 is 2.82 bits per heavy atom. The van der Waals surface area contributed by atoms with Gasteiger partial charge in [0, 0.05) is 18.6 Å². The lowest BCUT2D eigenvalue weighted by molar-refractivity contribution is 0.156. The van der Waals surface area contributed by atoms with E-state index in [2.05, 4.69) is 30.1 Å². The standard InChI is InChI=1S/C14H24N2O/c1-3-12(10-15-4-2)16(13-7-8-13)11-14-6-5-9-17-14/h5-6,9,12-13,15H,3-4,7-8,10-11H2,1-2H3. The van der Waals surface area contributed by atoms with Gasteiger partial charge < -0.3 is 9.73 Å². The highest BCUT2D eigenvalue weighted by atomic mass is 16.3. The van der Waals surface area contributed by atoms with Gasteiger partial charge in [0.2, 0.25) is 0 Å². The fourth-order valence-corrected chi connectivity index (χ4v) is 2.35. The van der Waals surface area contributed by atoms with E-state index in [-0.39, 0.29) is 0 Å². The molecule has 3 nitrogen and oxygen atoms in total. The largest absolute Gasteiger partial charge is 0.468 e. The Morgan fingerprint density at radius 1 is 1.47 bits per heavy atom. The highest BCUT2D eigenvalue weighted by molar-refractivity contribution is 5.01. The molecule has 1 aliphatic carbocycles. The van der Waals surface area contributed by atoms with Crippen LogP contribution in [-0.2, 0) is 6.54 Å². The van der Waals surface area contributed by atoms with Crippen LogP contribution < -0.4 is 5.32 Å². The molecule has 0 saturated heterocycles. The van der Waals surface area contributed by atoms with Crippen LogP contribution in [0.4, 0.5) is 0 Å². The third-order valence-electron chi connectivity index (χ3n) is 3.50. The molecular formula is C14H24N2O. The van der Waals surface area contributed by atoms with Crippen LogP contribution >= 0.6 is 0 Å². The molecular weight excluding hydrogens is 212 g/mol. The van der Waals surface area contributed by atoms with Crippen LogP contribution in [-0.4, -0.2) is 30.1 Å². The van der Waals surface area contributed by atoms with Crippen LogP contribution in [0, 0.1) is 0 Å². The molecule has 1 aromatic rings. The van der Waals surface area contributed by atoms with Crippen LogP contribution in [0.25, 0.3) is 0 Å². The van der Waals surface area contributed by atoms with Crippen molar-refractivity contribution >= 4 is 0 Å². The summed E-state index contributed by atoms with van der Waals surface area (Å²) in [5.41, 5.74) is 0. The third kappa shape index (κ3) is 3.58. The topological polar surface area (TPSA) is 28.4 Å². The normalized spacial score (nSPS) is 17.6. The summed E-state index contributed by atoms with van der Waals surface area (Å²) < 4.78 is 5.48.